The lowest BCUT2D eigenvalue weighted by Gasteiger charge is -2.20. The standard InChI is InChI=1S/C17H20FN3/c1-12-9-13(11-19-14-7-8-14)10-17(20-12)21(2)16-6-4-3-5-15(16)18/h3-6,9-10,14,19H,7-8,11H2,1-2H3. The lowest BCUT2D eigenvalue weighted by molar-refractivity contribution is 0.627. The molecule has 0 radical (unpaired) electrons. The molecule has 0 atom stereocenters. The highest BCUT2D eigenvalue weighted by molar-refractivity contribution is 5.60. The lowest BCUT2D eigenvalue weighted by atomic mass is 10.2. The second-order valence-electron chi connectivity index (χ2n) is 5.64. The first-order valence-corrected chi connectivity index (χ1v) is 7.32. The quantitative estimate of drug-likeness (QED) is 0.910. The van der Waals surface area contributed by atoms with Crippen LogP contribution in [0.2, 0.25) is 0 Å². The summed E-state index contributed by atoms with van der Waals surface area (Å²) in [7, 11) is 1.85. The largest absolute Gasteiger partial charge is 0.327 e. The van der Waals surface area contributed by atoms with E-state index in [0.717, 1.165) is 18.1 Å². The van der Waals surface area contributed by atoms with Gasteiger partial charge in [0, 0.05) is 25.3 Å². The molecular formula is C17H20FN3. The first-order valence-electron chi connectivity index (χ1n) is 7.32. The van der Waals surface area contributed by atoms with E-state index >= 15 is 0 Å². The van der Waals surface area contributed by atoms with Crippen LogP contribution >= 0.6 is 0 Å². The van der Waals surface area contributed by atoms with Gasteiger partial charge in [-0.25, -0.2) is 9.37 Å². The van der Waals surface area contributed by atoms with Crippen molar-refractivity contribution in [2.75, 3.05) is 11.9 Å². The molecule has 0 amide bonds. The molecule has 1 aromatic heterocycles. The van der Waals surface area contributed by atoms with Gasteiger partial charge in [0.15, 0.2) is 0 Å². The molecule has 21 heavy (non-hydrogen) atoms. The highest BCUT2D eigenvalue weighted by atomic mass is 19.1. The molecule has 2 aromatic rings. The van der Waals surface area contributed by atoms with Crippen LogP contribution in [0.3, 0.4) is 0 Å². The second-order valence-corrected chi connectivity index (χ2v) is 5.64. The Morgan fingerprint density at radius 3 is 2.76 bits per heavy atom. The maximum absolute atomic E-state index is 13.9. The van der Waals surface area contributed by atoms with Gasteiger partial charge >= 0.3 is 0 Å². The number of halogens is 1. The number of anilines is 2. The molecule has 1 aliphatic carbocycles. The fraction of sp³-hybridized carbons (Fsp3) is 0.353. The summed E-state index contributed by atoms with van der Waals surface area (Å²) in [5.74, 6) is 0.536. The normalized spacial score (nSPS) is 14.2. The Labute approximate surface area is 124 Å². The van der Waals surface area contributed by atoms with Crippen LogP contribution in [0, 0.1) is 12.7 Å². The smallest absolute Gasteiger partial charge is 0.146 e. The van der Waals surface area contributed by atoms with Crippen LogP contribution < -0.4 is 10.2 Å². The van der Waals surface area contributed by atoms with Gasteiger partial charge in [-0.1, -0.05) is 12.1 Å². The Morgan fingerprint density at radius 2 is 2.05 bits per heavy atom. The van der Waals surface area contributed by atoms with Crippen LogP contribution in [0.4, 0.5) is 15.9 Å². The van der Waals surface area contributed by atoms with E-state index in [2.05, 4.69) is 16.4 Å². The van der Waals surface area contributed by atoms with E-state index < -0.39 is 0 Å². The average Bonchev–Trinajstić information content (AvgIpc) is 3.28. The summed E-state index contributed by atoms with van der Waals surface area (Å²) in [6, 6.07) is 11.5. The number of para-hydroxylation sites is 1. The molecule has 1 saturated carbocycles. The maximum Gasteiger partial charge on any atom is 0.146 e. The number of aryl methyl sites for hydroxylation is 1. The van der Waals surface area contributed by atoms with Gasteiger partial charge in [0.1, 0.15) is 11.6 Å². The van der Waals surface area contributed by atoms with Crippen molar-refractivity contribution in [3.05, 3.63) is 53.5 Å². The highest BCUT2D eigenvalue weighted by Crippen LogP contribution is 2.26. The van der Waals surface area contributed by atoms with Crippen molar-refractivity contribution < 1.29 is 4.39 Å². The molecule has 1 heterocycles. The van der Waals surface area contributed by atoms with E-state index in [0.29, 0.717) is 11.7 Å². The fourth-order valence-corrected chi connectivity index (χ4v) is 2.39. The Bertz CT molecular complexity index is 638. The number of nitrogens with zero attached hydrogens (tertiary/aromatic N) is 2. The van der Waals surface area contributed by atoms with Crippen molar-refractivity contribution in [2.24, 2.45) is 0 Å². The van der Waals surface area contributed by atoms with Gasteiger partial charge in [-0.05, 0) is 49.6 Å². The summed E-state index contributed by atoms with van der Waals surface area (Å²) < 4.78 is 13.9. The molecule has 1 N–H and O–H groups in total. The molecule has 1 fully saturated rings. The summed E-state index contributed by atoms with van der Waals surface area (Å²) in [6.45, 7) is 2.81. The van der Waals surface area contributed by atoms with Crippen LogP contribution in [0.1, 0.15) is 24.1 Å². The van der Waals surface area contributed by atoms with E-state index in [1.54, 1.807) is 17.0 Å². The number of pyridine rings is 1. The first-order chi connectivity index (χ1) is 10.1. The van der Waals surface area contributed by atoms with Crippen molar-refractivity contribution in [2.45, 2.75) is 32.4 Å². The average molecular weight is 285 g/mol. The van der Waals surface area contributed by atoms with Crippen LogP contribution in [0.15, 0.2) is 36.4 Å². The molecular weight excluding hydrogens is 265 g/mol. The zero-order valence-corrected chi connectivity index (χ0v) is 12.4. The molecule has 0 aliphatic heterocycles. The molecule has 1 aliphatic rings. The SMILES string of the molecule is Cc1cc(CNC2CC2)cc(N(C)c2ccccc2F)n1. The van der Waals surface area contributed by atoms with E-state index in [9.17, 15) is 4.39 Å². The number of rotatable bonds is 5. The molecule has 0 unspecified atom stereocenters. The topological polar surface area (TPSA) is 28.2 Å². The van der Waals surface area contributed by atoms with E-state index in [-0.39, 0.29) is 5.82 Å². The Kier molecular flexibility index (Phi) is 3.88. The van der Waals surface area contributed by atoms with Crippen LogP contribution in [-0.2, 0) is 6.54 Å². The minimum Gasteiger partial charge on any atom is -0.327 e. The minimum absolute atomic E-state index is 0.235. The van der Waals surface area contributed by atoms with Gasteiger partial charge in [0.2, 0.25) is 0 Å². The zero-order valence-electron chi connectivity index (χ0n) is 12.4. The lowest BCUT2D eigenvalue weighted by Crippen LogP contribution is -2.17. The van der Waals surface area contributed by atoms with Gasteiger partial charge in [0.05, 0.1) is 5.69 Å². The molecule has 1 aromatic carbocycles. The number of nitrogens with one attached hydrogen (secondary N) is 1. The number of hydrogen-bond acceptors (Lipinski definition) is 3. The predicted octanol–water partition coefficient (Wildman–Crippen LogP) is 3.55. The molecule has 0 bridgehead atoms. The summed E-state index contributed by atoms with van der Waals surface area (Å²) in [5.41, 5.74) is 2.67. The van der Waals surface area contributed by atoms with Gasteiger partial charge in [-0.15, -0.1) is 0 Å². The third-order valence-electron chi connectivity index (χ3n) is 3.73. The summed E-state index contributed by atoms with van der Waals surface area (Å²) in [4.78, 5) is 6.32. The zero-order chi connectivity index (χ0) is 14.8. The number of aromatic nitrogens is 1. The van der Waals surface area contributed by atoms with Gasteiger partial charge in [-0.2, -0.15) is 0 Å². The summed E-state index contributed by atoms with van der Waals surface area (Å²) in [5, 5.41) is 3.50. The molecule has 0 saturated heterocycles. The van der Waals surface area contributed by atoms with Gasteiger partial charge in [0.25, 0.3) is 0 Å². The summed E-state index contributed by atoms with van der Waals surface area (Å²) >= 11 is 0. The molecule has 0 spiro atoms. The molecule has 3 nitrogen and oxygen atoms in total. The fourth-order valence-electron chi connectivity index (χ4n) is 2.39. The molecule has 110 valence electrons. The van der Waals surface area contributed by atoms with E-state index in [1.165, 1.54) is 24.5 Å². The summed E-state index contributed by atoms with van der Waals surface area (Å²) in [6.07, 6.45) is 2.54. The van der Waals surface area contributed by atoms with Crippen LogP contribution in [0.25, 0.3) is 0 Å². The van der Waals surface area contributed by atoms with Crippen molar-refractivity contribution in [1.29, 1.82) is 0 Å². The van der Waals surface area contributed by atoms with E-state index in [4.69, 9.17) is 0 Å². The van der Waals surface area contributed by atoms with Crippen molar-refractivity contribution in [3.63, 3.8) is 0 Å². The minimum atomic E-state index is -0.235. The van der Waals surface area contributed by atoms with Gasteiger partial charge in [-0.3, -0.25) is 0 Å². The number of benzene rings is 1. The Hall–Kier alpha value is -1.94. The Morgan fingerprint density at radius 1 is 1.29 bits per heavy atom. The van der Waals surface area contributed by atoms with E-state index in [1.807, 2.05) is 26.1 Å². The monoisotopic (exact) mass is 285 g/mol. The maximum atomic E-state index is 13.9. The third kappa shape index (κ3) is 3.39. The van der Waals surface area contributed by atoms with Gasteiger partial charge < -0.3 is 10.2 Å². The number of hydrogen-bond donors (Lipinski definition) is 1. The molecule has 3 rings (SSSR count). The van der Waals surface area contributed by atoms with Crippen molar-refractivity contribution >= 4 is 11.5 Å². The van der Waals surface area contributed by atoms with Crippen molar-refractivity contribution in [1.82, 2.24) is 10.3 Å². The van der Waals surface area contributed by atoms with Crippen LogP contribution in [-0.4, -0.2) is 18.1 Å². The molecule has 4 heteroatoms. The van der Waals surface area contributed by atoms with Crippen LogP contribution in [0.5, 0.6) is 0 Å². The van der Waals surface area contributed by atoms with Crippen molar-refractivity contribution in [3.8, 4) is 0 Å². The Balaban J connectivity index is 1.84. The highest BCUT2D eigenvalue weighted by Gasteiger charge is 2.20. The third-order valence-corrected chi connectivity index (χ3v) is 3.73. The predicted molar refractivity (Wildman–Crippen MR) is 83.3 cm³/mol. The second kappa shape index (κ2) is 5.82. The first kappa shape index (κ1) is 14.0.